The highest BCUT2D eigenvalue weighted by molar-refractivity contribution is 6.31. The van der Waals surface area contributed by atoms with Gasteiger partial charge in [0.15, 0.2) is 5.54 Å². The molecule has 0 radical (unpaired) electrons. The van der Waals surface area contributed by atoms with E-state index in [1.807, 2.05) is 0 Å². The zero-order chi connectivity index (χ0) is 31.8. The molecule has 9 nitrogen and oxygen atoms in total. The van der Waals surface area contributed by atoms with Crippen molar-refractivity contribution in [1.82, 2.24) is 25.8 Å². The molecule has 0 aliphatic carbocycles. The quantitative estimate of drug-likeness (QED) is 0.259. The van der Waals surface area contributed by atoms with Crippen LogP contribution < -0.4 is 10.6 Å². The lowest BCUT2D eigenvalue weighted by Crippen LogP contribution is -2.70. The first-order valence-electron chi connectivity index (χ1n) is 12.8. The molecular formula is C28H20ClF6N5O4. The maximum Gasteiger partial charge on any atom is 0.416 e. The van der Waals surface area contributed by atoms with Crippen molar-refractivity contribution < 1.29 is 45.2 Å². The Morgan fingerprint density at radius 2 is 1.80 bits per heavy atom. The fourth-order valence-electron chi connectivity index (χ4n) is 4.43. The zero-order valence-electron chi connectivity index (χ0n) is 22.5. The number of ether oxygens (including phenoxy) is 1. The van der Waals surface area contributed by atoms with E-state index in [0.717, 1.165) is 12.1 Å². The molecule has 1 aliphatic rings. The van der Waals surface area contributed by atoms with Crippen molar-refractivity contribution in [3.05, 3.63) is 87.8 Å². The normalized spacial score (nSPS) is 14.2. The summed E-state index contributed by atoms with van der Waals surface area (Å²) in [5, 5.41) is 8.58. The van der Waals surface area contributed by atoms with Gasteiger partial charge in [-0.3, -0.25) is 14.6 Å². The number of nitrogens with one attached hydrogen (secondary N) is 2. The Morgan fingerprint density at radius 3 is 2.41 bits per heavy atom. The number of aryl methyl sites for hydroxylation is 1. The van der Waals surface area contributed by atoms with Crippen LogP contribution in [0.3, 0.4) is 0 Å². The van der Waals surface area contributed by atoms with Crippen LogP contribution in [-0.4, -0.2) is 52.2 Å². The number of nitrogens with zero attached hydrogens (tertiary/aromatic N) is 3. The zero-order valence-corrected chi connectivity index (χ0v) is 23.2. The number of pyridine rings is 1. The van der Waals surface area contributed by atoms with Gasteiger partial charge in [0.05, 0.1) is 30.0 Å². The van der Waals surface area contributed by atoms with Crippen LogP contribution in [0.5, 0.6) is 0 Å². The molecule has 230 valence electrons. The van der Waals surface area contributed by atoms with E-state index in [9.17, 15) is 31.5 Å². The molecule has 2 N–H and O–H groups in total. The highest BCUT2D eigenvalue weighted by Gasteiger charge is 2.47. The van der Waals surface area contributed by atoms with Crippen molar-refractivity contribution in [2.24, 2.45) is 0 Å². The first-order valence-corrected chi connectivity index (χ1v) is 13.1. The molecule has 0 spiro atoms. The number of rotatable bonds is 8. The Morgan fingerprint density at radius 1 is 1.05 bits per heavy atom. The minimum absolute atomic E-state index is 0.0350. The molecule has 0 atom stereocenters. The van der Waals surface area contributed by atoms with Crippen molar-refractivity contribution in [3.63, 3.8) is 0 Å². The Bertz CT molecular complexity index is 1760. The molecule has 16 heteroatoms. The summed E-state index contributed by atoms with van der Waals surface area (Å²) < 4.78 is 92.8. The summed E-state index contributed by atoms with van der Waals surface area (Å²) in [6, 6.07) is 4.86. The van der Waals surface area contributed by atoms with Crippen LogP contribution in [0.1, 0.15) is 27.5 Å². The van der Waals surface area contributed by atoms with Gasteiger partial charge in [-0.1, -0.05) is 16.8 Å². The minimum atomic E-state index is -4.90. The fourth-order valence-corrected chi connectivity index (χ4v) is 4.64. The summed E-state index contributed by atoms with van der Waals surface area (Å²) in [6.07, 6.45) is -3.73. The molecule has 2 aromatic carbocycles. The summed E-state index contributed by atoms with van der Waals surface area (Å²) in [6.45, 7) is 0.763. The van der Waals surface area contributed by atoms with Crippen LogP contribution in [0.4, 0.5) is 26.3 Å². The van der Waals surface area contributed by atoms with Crippen LogP contribution >= 0.6 is 11.6 Å². The lowest BCUT2D eigenvalue weighted by molar-refractivity contribution is -0.146. The fraction of sp³-hybridized carbons (Fsp3) is 0.250. The molecule has 3 heterocycles. The molecule has 1 fully saturated rings. The van der Waals surface area contributed by atoms with E-state index >= 15 is 4.39 Å². The Kier molecular flexibility index (Phi) is 8.36. The van der Waals surface area contributed by atoms with Crippen LogP contribution in [-0.2, 0) is 22.1 Å². The van der Waals surface area contributed by atoms with Crippen LogP contribution in [0.2, 0.25) is 5.02 Å². The number of hydrogen-bond donors (Lipinski definition) is 2. The standard InChI is InChI=1S/C28H20ClF6N5O4/c1-13-38-24(40-44-13)23-19(8-17(29)9-21(23)32)15-6-20(31)22(37-10-15)2-3-36-26(42)27(11-43-12-27)39-25(41)14-4-16(28(33,34)35)7-18(30)5-14/h4-10H,2-3,11-12H2,1H3,(H,36,42)(H,39,41). The number of benzene rings is 2. The third kappa shape index (κ3) is 6.38. The first kappa shape index (κ1) is 30.9. The van der Waals surface area contributed by atoms with Crippen molar-refractivity contribution in [2.75, 3.05) is 19.8 Å². The second-order valence-electron chi connectivity index (χ2n) is 9.86. The molecule has 0 unspecified atom stereocenters. The van der Waals surface area contributed by atoms with Crippen molar-refractivity contribution in [3.8, 4) is 22.5 Å². The van der Waals surface area contributed by atoms with E-state index in [1.54, 1.807) is 0 Å². The molecule has 5 rings (SSSR count). The first-order chi connectivity index (χ1) is 20.8. The molecule has 0 saturated carbocycles. The maximum absolute atomic E-state index is 15.1. The van der Waals surface area contributed by atoms with E-state index < -0.39 is 52.1 Å². The predicted molar refractivity (Wildman–Crippen MR) is 142 cm³/mol. The van der Waals surface area contributed by atoms with Gasteiger partial charge >= 0.3 is 6.18 Å². The van der Waals surface area contributed by atoms with Gasteiger partial charge in [-0.2, -0.15) is 18.2 Å². The van der Waals surface area contributed by atoms with E-state index in [2.05, 4.69) is 25.8 Å². The summed E-state index contributed by atoms with van der Waals surface area (Å²) >= 11 is 6.03. The molecular weight excluding hydrogens is 620 g/mol. The minimum Gasteiger partial charge on any atom is -0.375 e. The average Bonchev–Trinajstić information content (AvgIpc) is 3.35. The number of alkyl halides is 3. The Balaban J connectivity index is 1.27. The highest BCUT2D eigenvalue weighted by atomic mass is 35.5. The van der Waals surface area contributed by atoms with Gasteiger partial charge in [0.2, 0.25) is 11.7 Å². The van der Waals surface area contributed by atoms with Gasteiger partial charge in [-0.15, -0.1) is 0 Å². The van der Waals surface area contributed by atoms with Crippen LogP contribution in [0.15, 0.2) is 47.1 Å². The predicted octanol–water partition coefficient (Wildman–Crippen LogP) is 5.05. The van der Waals surface area contributed by atoms with Crippen LogP contribution in [0.25, 0.3) is 22.5 Å². The van der Waals surface area contributed by atoms with Gasteiger partial charge in [0, 0.05) is 42.2 Å². The lowest BCUT2D eigenvalue weighted by Gasteiger charge is -2.40. The molecule has 4 aromatic rings. The van der Waals surface area contributed by atoms with Crippen molar-refractivity contribution in [1.29, 1.82) is 0 Å². The smallest absolute Gasteiger partial charge is 0.375 e. The largest absolute Gasteiger partial charge is 0.416 e. The number of carbonyl (C=O) groups is 2. The molecule has 2 aromatic heterocycles. The topological polar surface area (TPSA) is 119 Å². The van der Waals surface area contributed by atoms with Gasteiger partial charge < -0.3 is 19.9 Å². The molecule has 1 aliphatic heterocycles. The number of hydrogen-bond acceptors (Lipinski definition) is 7. The monoisotopic (exact) mass is 639 g/mol. The second-order valence-corrected chi connectivity index (χ2v) is 10.3. The van der Waals surface area contributed by atoms with Gasteiger partial charge in [-0.25, -0.2) is 13.2 Å². The van der Waals surface area contributed by atoms with E-state index in [0.29, 0.717) is 12.1 Å². The Labute approximate surface area is 249 Å². The van der Waals surface area contributed by atoms with Crippen LogP contribution in [0, 0.1) is 24.4 Å². The summed E-state index contributed by atoms with van der Waals surface area (Å²) in [4.78, 5) is 33.7. The summed E-state index contributed by atoms with van der Waals surface area (Å²) in [5.41, 5.74) is -3.46. The average molecular weight is 640 g/mol. The van der Waals surface area contributed by atoms with E-state index in [1.165, 1.54) is 19.2 Å². The number of carbonyl (C=O) groups excluding carboxylic acids is 2. The molecule has 0 bridgehead atoms. The van der Waals surface area contributed by atoms with Gasteiger partial charge in [-0.05, 0) is 42.0 Å². The number of halogens is 7. The summed E-state index contributed by atoms with van der Waals surface area (Å²) in [7, 11) is 0. The van der Waals surface area contributed by atoms with Crippen molar-refractivity contribution in [2.45, 2.75) is 25.1 Å². The Hall–Kier alpha value is -4.50. The third-order valence-electron chi connectivity index (χ3n) is 6.65. The number of amides is 2. The van der Waals surface area contributed by atoms with E-state index in [4.69, 9.17) is 20.9 Å². The van der Waals surface area contributed by atoms with Gasteiger partial charge in [0.25, 0.3) is 11.8 Å². The number of aromatic nitrogens is 3. The molecule has 1 saturated heterocycles. The molecule has 2 amide bonds. The van der Waals surface area contributed by atoms with E-state index in [-0.39, 0.29) is 71.4 Å². The second kappa shape index (κ2) is 11.9. The summed E-state index contributed by atoms with van der Waals surface area (Å²) in [5.74, 6) is -4.59. The maximum atomic E-state index is 15.1. The SMILES string of the molecule is Cc1nc(-c2c(F)cc(Cl)cc2-c2cnc(CCNC(=O)C3(NC(=O)c4cc(F)cc(C(F)(F)F)c4)COC3)c(F)c2)no1. The van der Waals surface area contributed by atoms with Crippen molar-refractivity contribution >= 4 is 23.4 Å². The third-order valence-corrected chi connectivity index (χ3v) is 6.87. The van der Waals surface area contributed by atoms with Gasteiger partial charge in [0.1, 0.15) is 17.5 Å². The molecule has 44 heavy (non-hydrogen) atoms. The lowest BCUT2D eigenvalue weighted by atomic mass is 9.95. The highest BCUT2D eigenvalue weighted by Crippen LogP contribution is 2.36.